The lowest BCUT2D eigenvalue weighted by atomic mass is 9.48. The molecule has 1 aromatic rings. The van der Waals surface area contributed by atoms with Crippen LogP contribution in [0.4, 0.5) is 0 Å². The van der Waals surface area contributed by atoms with E-state index in [1.165, 1.54) is 63.4 Å². The van der Waals surface area contributed by atoms with Crippen molar-refractivity contribution in [2.24, 2.45) is 46.8 Å². The monoisotopic (exact) mass is 432 g/mol. The van der Waals surface area contributed by atoms with E-state index in [0.29, 0.717) is 23.2 Å². The van der Waals surface area contributed by atoms with Gasteiger partial charge in [0.25, 0.3) is 0 Å². The first kappa shape index (κ1) is 21.0. The Hall–Kier alpha value is -1.53. The van der Waals surface area contributed by atoms with E-state index in [9.17, 15) is 5.11 Å². The van der Waals surface area contributed by atoms with E-state index in [2.05, 4.69) is 41.1 Å². The molecule has 0 unspecified atom stereocenters. The van der Waals surface area contributed by atoms with Gasteiger partial charge in [-0.2, -0.15) is 0 Å². The summed E-state index contributed by atoms with van der Waals surface area (Å²) in [6.07, 6.45) is 19.5. The van der Waals surface area contributed by atoms with Crippen molar-refractivity contribution in [1.82, 2.24) is 9.55 Å². The Balaban J connectivity index is 1.15. The summed E-state index contributed by atoms with van der Waals surface area (Å²) in [4.78, 5) is 4.22. The molecule has 32 heavy (non-hydrogen) atoms. The molecule has 1 aromatic heterocycles. The van der Waals surface area contributed by atoms with Gasteiger partial charge in [-0.3, -0.25) is 0 Å². The third kappa shape index (κ3) is 3.58. The zero-order valence-electron chi connectivity index (χ0n) is 19.8. The zero-order chi connectivity index (χ0) is 21.9. The Bertz CT molecular complexity index is 921. The van der Waals surface area contributed by atoms with Crippen LogP contribution in [0.15, 0.2) is 30.9 Å². The van der Waals surface area contributed by atoms with Crippen molar-refractivity contribution < 1.29 is 5.11 Å². The van der Waals surface area contributed by atoms with Gasteiger partial charge in [-0.1, -0.05) is 30.9 Å². The maximum Gasteiger partial charge on any atom is 0.125 e. The molecule has 1 heterocycles. The maximum atomic E-state index is 11.2. The number of aliphatic hydroxyl groups is 1. The molecule has 5 aliphatic rings. The second kappa shape index (κ2) is 7.76. The molecule has 1 N–H and O–H groups in total. The van der Waals surface area contributed by atoms with Gasteiger partial charge in [0.2, 0.25) is 0 Å². The van der Waals surface area contributed by atoms with Gasteiger partial charge in [0.1, 0.15) is 5.60 Å². The summed E-state index contributed by atoms with van der Waals surface area (Å²) in [7, 11) is 0. The molecular formula is C29H40N2O. The molecule has 8 atom stereocenters. The molecule has 5 aliphatic carbocycles. The zero-order valence-corrected chi connectivity index (χ0v) is 19.8. The molecule has 0 radical (unpaired) electrons. The highest BCUT2D eigenvalue weighted by Gasteiger charge is 2.58. The average Bonchev–Trinajstić information content (AvgIpc) is 3.34. The highest BCUT2D eigenvalue weighted by Crippen LogP contribution is 2.65. The first-order valence-corrected chi connectivity index (χ1v) is 13.3. The SMILES string of the molecule is C=C(Cn1ccnc1)[C@H]1CC[C@H]2[C@@H]3CC[C@H]4C[C@](O)(C#CC5CC5)CC[C@@H]4[C@H]3CC[C@]12C. The van der Waals surface area contributed by atoms with Crippen LogP contribution in [0, 0.1) is 58.7 Å². The number of fused-ring (bicyclic) bond motifs is 5. The Labute approximate surface area is 194 Å². The van der Waals surface area contributed by atoms with Crippen LogP contribution in [0.3, 0.4) is 0 Å². The summed E-state index contributed by atoms with van der Waals surface area (Å²) < 4.78 is 2.19. The first-order chi connectivity index (χ1) is 15.5. The Morgan fingerprint density at radius 2 is 1.91 bits per heavy atom. The Kier molecular flexibility index (Phi) is 5.10. The lowest BCUT2D eigenvalue weighted by Crippen LogP contribution is -2.50. The molecule has 6 rings (SSSR count). The second-order valence-electron chi connectivity index (χ2n) is 12.3. The summed E-state index contributed by atoms with van der Waals surface area (Å²) in [6, 6.07) is 0. The Morgan fingerprint density at radius 3 is 2.69 bits per heavy atom. The predicted octanol–water partition coefficient (Wildman–Crippen LogP) is 5.85. The van der Waals surface area contributed by atoms with E-state index >= 15 is 0 Å². The highest BCUT2D eigenvalue weighted by atomic mass is 16.3. The number of aromatic nitrogens is 2. The van der Waals surface area contributed by atoms with Gasteiger partial charge < -0.3 is 9.67 Å². The van der Waals surface area contributed by atoms with Crippen molar-refractivity contribution >= 4 is 0 Å². The van der Waals surface area contributed by atoms with Crippen molar-refractivity contribution in [2.75, 3.05) is 0 Å². The third-order valence-corrected chi connectivity index (χ3v) is 10.5. The molecule has 172 valence electrons. The predicted molar refractivity (Wildman–Crippen MR) is 127 cm³/mol. The third-order valence-electron chi connectivity index (χ3n) is 10.5. The number of allylic oxidation sites excluding steroid dienone is 1. The largest absolute Gasteiger partial charge is 0.378 e. The van der Waals surface area contributed by atoms with Crippen LogP contribution in [-0.2, 0) is 6.54 Å². The van der Waals surface area contributed by atoms with Gasteiger partial charge in [-0.05, 0) is 112 Å². The highest BCUT2D eigenvalue weighted by molar-refractivity contribution is 5.21. The lowest BCUT2D eigenvalue weighted by Gasteiger charge is -2.57. The van der Waals surface area contributed by atoms with Crippen molar-refractivity contribution in [1.29, 1.82) is 0 Å². The minimum Gasteiger partial charge on any atom is -0.378 e. The van der Waals surface area contributed by atoms with Gasteiger partial charge in [-0.25, -0.2) is 4.98 Å². The fourth-order valence-electron chi connectivity index (χ4n) is 8.85. The first-order valence-electron chi connectivity index (χ1n) is 13.3. The Morgan fingerprint density at radius 1 is 1.06 bits per heavy atom. The van der Waals surface area contributed by atoms with Crippen LogP contribution in [0.2, 0.25) is 0 Å². The molecule has 5 saturated carbocycles. The summed E-state index contributed by atoms with van der Waals surface area (Å²) >= 11 is 0. The van der Waals surface area contributed by atoms with Crippen LogP contribution in [0.1, 0.15) is 77.6 Å². The smallest absolute Gasteiger partial charge is 0.125 e. The van der Waals surface area contributed by atoms with E-state index in [1.807, 2.05) is 12.5 Å². The minimum atomic E-state index is -0.691. The van der Waals surface area contributed by atoms with Gasteiger partial charge >= 0.3 is 0 Å². The van der Waals surface area contributed by atoms with E-state index in [1.54, 1.807) is 0 Å². The molecule has 0 aliphatic heterocycles. The summed E-state index contributed by atoms with van der Waals surface area (Å²) in [6.45, 7) is 8.10. The number of imidazole rings is 1. The van der Waals surface area contributed by atoms with Gasteiger partial charge in [-0.15, -0.1) is 0 Å². The van der Waals surface area contributed by atoms with E-state index in [0.717, 1.165) is 43.1 Å². The molecular weight excluding hydrogens is 392 g/mol. The lowest BCUT2D eigenvalue weighted by molar-refractivity contribution is -0.0874. The van der Waals surface area contributed by atoms with Crippen molar-refractivity contribution in [3.63, 3.8) is 0 Å². The van der Waals surface area contributed by atoms with Gasteiger partial charge in [0.15, 0.2) is 0 Å². The van der Waals surface area contributed by atoms with Crippen molar-refractivity contribution in [3.05, 3.63) is 30.9 Å². The topological polar surface area (TPSA) is 38.0 Å². The van der Waals surface area contributed by atoms with E-state index in [-0.39, 0.29) is 0 Å². The molecule has 0 saturated heterocycles. The second-order valence-corrected chi connectivity index (χ2v) is 12.3. The number of nitrogens with zero attached hydrogens (tertiary/aromatic N) is 2. The van der Waals surface area contributed by atoms with Crippen LogP contribution >= 0.6 is 0 Å². The number of rotatable bonds is 3. The van der Waals surface area contributed by atoms with Crippen LogP contribution in [0.25, 0.3) is 0 Å². The fraction of sp³-hybridized carbons (Fsp3) is 0.759. The van der Waals surface area contributed by atoms with E-state index < -0.39 is 5.60 Å². The molecule has 3 nitrogen and oxygen atoms in total. The molecule has 0 spiro atoms. The summed E-state index contributed by atoms with van der Waals surface area (Å²) in [5, 5.41) is 11.2. The van der Waals surface area contributed by atoms with Crippen molar-refractivity contribution in [3.8, 4) is 11.8 Å². The van der Waals surface area contributed by atoms with Crippen LogP contribution in [0.5, 0.6) is 0 Å². The molecule has 0 bridgehead atoms. The fourth-order valence-corrected chi connectivity index (χ4v) is 8.85. The summed E-state index contributed by atoms with van der Waals surface area (Å²) in [5.41, 5.74) is 1.15. The summed E-state index contributed by atoms with van der Waals surface area (Å²) in [5.74, 6) is 12.1. The van der Waals surface area contributed by atoms with Crippen molar-refractivity contribution in [2.45, 2.75) is 89.7 Å². The molecule has 0 aromatic carbocycles. The average molecular weight is 433 g/mol. The van der Waals surface area contributed by atoms with Gasteiger partial charge in [0, 0.05) is 24.9 Å². The molecule has 5 fully saturated rings. The number of hydrogen-bond acceptors (Lipinski definition) is 2. The normalized spacial score (nSPS) is 45.2. The quantitative estimate of drug-likeness (QED) is 0.480. The minimum absolute atomic E-state index is 0.427. The standard InChI is InChI=1S/C29H40N2O/c1-20(18-31-16-15-30-19-31)26-7-8-27-25-6-5-22-17-29(32,13-9-21-3-4-21)14-11-23(22)24(25)10-12-28(26,27)2/h15-16,19,21-27,32H,1,3-8,10-12,14,17-18H2,2H3/t22-,23-,24+,25+,26+,27-,28+,29-/m0/s1. The van der Waals surface area contributed by atoms with Crippen LogP contribution in [-0.4, -0.2) is 20.3 Å². The van der Waals surface area contributed by atoms with E-state index in [4.69, 9.17) is 0 Å². The maximum absolute atomic E-state index is 11.2. The number of hydrogen-bond donors (Lipinski definition) is 1. The van der Waals surface area contributed by atoms with Gasteiger partial charge in [0.05, 0.1) is 6.33 Å². The van der Waals surface area contributed by atoms with Crippen LogP contribution < -0.4 is 0 Å². The molecule has 3 heteroatoms. The molecule has 0 amide bonds.